The van der Waals surface area contributed by atoms with Crippen LogP contribution in [0.15, 0.2) is 59.7 Å². The van der Waals surface area contributed by atoms with Gasteiger partial charge in [-0.2, -0.15) is 16.4 Å². The highest BCUT2D eigenvalue weighted by atomic mass is 32.1. The third-order valence-corrected chi connectivity index (χ3v) is 4.57. The first-order valence-electron chi connectivity index (χ1n) is 8.16. The second kappa shape index (κ2) is 7.50. The minimum atomic E-state index is -0.290. The molecule has 0 fully saturated rings. The van der Waals surface area contributed by atoms with E-state index in [9.17, 15) is 9.18 Å². The number of nitrogens with one attached hydrogen (secondary N) is 1. The van der Waals surface area contributed by atoms with E-state index in [2.05, 4.69) is 20.7 Å². The van der Waals surface area contributed by atoms with Crippen LogP contribution in [0.5, 0.6) is 0 Å². The van der Waals surface area contributed by atoms with E-state index >= 15 is 0 Å². The molecule has 0 aliphatic rings. The lowest BCUT2D eigenvalue weighted by Gasteiger charge is -2.03. The molecule has 0 radical (unpaired) electrons. The fraction of sp³-hybridized carbons (Fsp3) is 0.111. The lowest BCUT2D eigenvalue weighted by atomic mass is 10.1. The van der Waals surface area contributed by atoms with Crippen LogP contribution in [0.4, 0.5) is 4.39 Å². The first kappa shape index (κ1) is 17.1. The summed E-state index contributed by atoms with van der Waals surface area (Å²) in [7, 11) is 0. The van der Waals surface area contributed by atoms with Gasteiger partial charge in [-0.25, -0.2) is 9.07 Å². The Hall–Kier alpha value is -3.33. The summed E-state index contributed by atoms with van der Waals surface area (Å²) in [6.45, 7) is 0.370. The number of carbonyl (C=O) groups excluding carboxylic acids is 1. The molecule has 27 heavy (non-hydrogen) atoms. The Bertz CT molecular complexity index is 1040. The Morgan fingerprint density at radius 3 is 2.78 bits per heavy atom. The number of rotatable bonds is 6. The molecule has 1 N–H and O–H groups in total. The van der Waals surface area contributed by atoms with E-state index in [-0.39, 0.29) is 24.8 Å². The van der Waals surface area contributed by atoms with Crippen LogP contribution in [-0.2, 0) is 17.9 Å². The summed E-state index contributed by atoms with van der Waals surface area (Å²) < 4.78 is 16.2. The molecule has 136 valence electrons. The van der Waals surface area contributed by atoms with Gasteiger partial charge in [-0.15, -0.1) is 5.10 Å². The molecular weight excluding hydrogens is 367 g/mol. The van der Waals surface area contributed by atoms with Crippen LogP contribution in [0.25, 0.3) is 16.8 Å². The van der Waals surface area contributed by atoms with Gasteiger partial charge in [0.15, 0.2) is 0 Å². The molecule has 3 aromatic heterocycles. The van der Waals surface area contributed by atoms with Crippen LogP contribution >= 0.6 is 11.3 Å². The van der Waals surface area contributed by atoms with Crippen LogP contribution in [0.3, 0.4) is 0 Å². The number of carbonyl (C=O) groups is 1. The van der Waals surface area contributed by atoms with Gasteiger partial charge in [0, 0.05) is 17.1 Å². The molecule has 1 aromatic carbocycles. The normalized spacial score (nSPS) is 10.9. The number of hydrogen-bond acceptors (Lipinski definition) is 5. The highest BCUT2D eigenvalue weighted by Crippen LogP contribution is 2.18. The molecule has 7 nitrogen and oxygen atoms in total. The molecule has 3 heterocycles. The number of thiophene rings is 1. The summed E-state index contributed by atoms with van der Waals surface area (Å²) in [6, 6.07) is 8.07. The van der Waals surface area contributed by atoms with Crippen molar-refractivity contribution in [3.05, 3.63) is 71.2 Å². The minimum absolute atomic E-state index is 0.0832. The van der Waals surface area contributed by atoms with Crippen LogP contribution in [0, 0.1) is 5.82 Å². The van der Waals surface area contributed by atoms with E-state index in [0.717, 1.165) is 16.8 Å². The standard InChI is InChI=1S/C18H15FN6OS/c19-15-3-1-13(2-4-15)14-7-21-24(9-14)11-18(26)20-8-16-10-25(23-22-16)17-5-6-27-12-17/h1-7,9-10,12H,8,11H2,(H,20,26). The van der Waals surface area contributed by atoms with Gasteiger partial charge in [0.1, 0.15) is 18.1 Å². The van der Waals surface area contributed by atoms with Gasteiger partial charge in [0.2, 0.25) is 5.91 Å². The Balaban J connectivity index is 1.33. The number of nitrogens with zero attached hydrogens (tertiary/aromatic N) is 5. The van der Waals surface area contributed by atoms with Crippen LogP contribution in [0.2, 0.25) is 0 Å². The topological polar surface area (TPSA) is 77.6 Å². The minimum Gasteiger partial charge on any atom is -0.349 e. The molecule has 0 bridgehead atoms. The van der Waals surface area contributed by atoms with Crippen molar-refractivity contribution >= 4 is 17.2 Å². The van der Waals surface area contributed by atoms with Gasteiger partial charge >= 0.3 is 0 Å². The Kier molecular flexibility index (Phi) is 4.75. The maximum absolute atomic E-state index is 13.0. The SMILES string of the molecule is O=C(Cn1cc(-c2ccc(F)cc2)cn1)NCc1cn(-c2ccsc2)nn1. The lowest BCUT2D eigenvalue weighted by molar-refractivity contribution is -0.122. The van der Waals surface area contributed by atoms with E-state index in [1.54, 1.807) is 46.7 Å². The van der Waals surface area contributed by atoms with Gasteiger partial charge in [-0.3, -0.25) is 9.48 Å². The van der Waals surface area contributed by atoms with Crippen molar-refractivity contribution in [2.45, 2.75) is 13.1 Å². The summed E-state index contributed by atoms with van der Waals surface area (Å²) in [5, 5.41) is 19.0. The summed E-state index contributed by atoms with van der Waals surface area (Å²) in [6.07, 6.45) is 5.18. The zero-order valence-corrected chi connectivity index (χ0v) is 14.9. The van der Waals surface area contributed by atoms with Crippen molar-refractivity contribution in [1.82, 2.24) is 30.1 Å². The molecule has 0 aliphatic carbocycles. The fourth-order valence-corrected chi connectivity index (χ4v) is 3.15. The van der Waals surface area contributed by atoms with Crippen molar-refractivity contribution in [2.24, 2.45) is 0 Å². The van der Waals surface area contributed by atoms with Gasteiger partial charge in [-0.1, -0.05) is 17.3 Å². The number of halogens is 1. The first-order valence-corrected chi connectivity index (χ1v) is 9.10. The molecular formula is C18H15FN6OS. The quantitative estimate of drug-likeness (QED) is 0.556. The molecule has 0 unspecified atom stereocenters. The van der Waals surface area contributed by atoms with Crippen molar-refractivity contribution in [1.29, 1.82) is 0 Å². The van der Waals surface area contributed by atoms with Crippen LogP contribution < -0.4 is 5.32 Å². The average molecular weight is 382 g/mol. The first-order chi connectivity index (χ1) is 13.2. The van der Waals surface area contributed by atoms with E-state index in [0.29, 0.717) is 5.69 Å². The number of amides is 1. The molecule has 0 saturated heterocycles. The molecule has 9 heteroatoms. The summed E-state index contributed by atoms with van der Waals surface area (Å²) >= 11 is 1.58. The van der Waals surface area contributed by atoms with Crippen LogP contribution in [0.1, 0.15) is 5.69 Å². The molecule has 0 saturated carbocycles. The summed E-state index contributed by atoms with van der Waals surface area (Å²) in [5.74, 6) is -0.477. The monoisotopic (exact) mass is 382 g/mol. The smallest absolute Gasteiger partial charge is 0.242 e. The van der Waals surface area contributed by atoms with E-state index < -0.39 is 0 Å². The maximum Gasteiger partial charge on any atom is 0.242 e. The molecule has 0 aliphatic heterocycles. The van der Waals surface area contributed by atoms with Gasteiger partial charge < -0.3 is 5.32 Å². The van der Waals surface area contributed by atoms with E-state index in [1.165, 1.54) is 16.8 Å². The van der Waals surface area contributed by atoms with Gasteiger partial charge in [0.05, 0.1) is 24.6 Å². The zero-order valence-electron chi connectivity index (χ0n) is 14.1. The third-order valence-electron chi connectivity index (χ3n) is 3.89. The fourth-order valence-electron chi connectivity index (χ4n) is 2.53. The number of hydrogen-bond donors (Lipinski definition) is 1. The second-order valence-corrected chi connectivity index (χ2v) is 6.63. The highest BCUT2D eigenvalue weighted by molar-refractivity contribution is 7.08. The molecule has 0 atom stereocenters. The largest absolute Gasteiger partial charge is 0.349 e. The predicted molar refractivity (Wildman–Crippen MR) is 98.7 cm³/mol. The maximum atomic E-state index is 13.0. The van der Waals surface area contributed by atoms with Crippen LogP contribution in [-0.4, -0.2) is 30.7 Å². The van der Waals surface area contributed by atoms with Gasteiger partial charge in [-0.05, 0) is 29.1 Å². The summed E-state index contributed by atoms with van der Waals surface area (Å²) in [5.41, 5.74) is 3.27. The van der Waals surface area contributed by atoms with Gasteiger partial charge in [0.25, 0.3) is 0 Å². The third kappa shape index (κ3) is 4.09. The number of benzene rings is 1. The zero-order chi connectivity index (χ0) is 18.6. The Morgan fingerprint density at radius 1 is 1.15 bits per heavy atom. The van der Waals surface area contributed by atoms with E-state index in [4.69, 9.17) is 0 Å². The Labute approximate surface area is 158 Å². The van der Waals surface area contributed by atoms with Crippen molar-refractivity contribution < 1.29 is 9.18 Å². The number of aromatic nitrogens is 5. The molecule has 0 spiro atoms. The molecule has 4 rings (SSSR count). The summed E-state index contributed by atoms with van der Waals surface area (Å²) in [4.78, 5) is 12.1. The van der Waals surface area contributed by atoms with Crippen molar-refractivity contribution in [3.8, 4) is 16.8 Å². The Morgan fingerprint density at radius 2 is 2.00 bits per heavy atom. The average Bonchev–Trinajstić information content (AvgIpc) is 3.42. The second-order valence-electron chi connectivity index (χ2n) is 5.85. The van der Waals surface area contributed by atoms with Crippen molar-refractivity contribution in [3.63, 3.8) is 0 Å². The predicted octanol–water partition coefficient (Wildman–Crippen LogP) is 2.65. The molecule has 1 amide bonds. The van der Waals surface area contributed by atoms with Crippen molar-refractivity contribution in [2.75, 3.05) is 0 Å². The molecule has 4 aromatic rings. The van der Waals surface area contributed by atoms with E-state index in [1.807, 2.05) is 16.8 Å². The lowest BCUT2D eigenvalue weighted by Crippen LogP contribution is -2.27. The highest BCUT2D eigenvalue weighted by Gasteiger charge is 2.08.